The van der Waals surface area contributed by atoms with Crippen LogP contribution in [0.4, 0.5) is 0 Å². The number of ether oxygens (including phenoxy) is 1. The summed E-state index contributed by atoms with van der Waals surface area (Å²) >= 11 is 0. The minimum atomic E-state index is -1.09. The van der Waals surface area contributed by atoms with E-state index in [4.69, 9.17) is 4.74 Å². The molecule has 1 aliphatic carbocycles. The fourth-order valence-electron chi connectivity index (χ4n) is 2.11. The Morgan fingerprint density at radius 2 is 2.25 bits per heavy atom. The van der Waals surface area contributed by atoms with Gasteiger partial charge in [-0.3, -0.25) is 0 Å². The number of aliphatic hydroxyl groups is 2. The molecule has 2 unspecified atom stereocenters. The average molecular weight is 224 g/mol. The molecule has 0 saturated heterocycles. The summed E-state index contributed by atoms with van der Waals surface area (Å²) in [7, 11) is 0. The van der Waals surface area contributed by atoms with Crippen LogP contribution in [0.5, 0.6) is 0 Å². The molecule has 0 radical (unpaired) electrons. The van der Waals surface area contributed by atoms with E-state index in [1.54, 1.807) is 0 Å². The van der Waals surface area contributed by atoms with E-state index in [2.05, 4.69) is 0 Å². The maximum atomic E-state index is 11.5. The molecule has 0 fully saturated rings. The Balaban J connectivity index is 2.31. The highest BCUT2D eigenvalue weighted by Crippen LogP contribution is 2.37. The van der Waals surface area contributed by atoms with Crippen molar-refractivity contribution < 1.29 is 19.7 Å². The SMILES string of the molecule is CCC/C=C1/OC(=O)C2=C1CCC(O)C2O. The maximum absolute atomic E-state index is 11.5. The van der Waals surface area contributed by atoms with Gasteiger partial charge in [0.25, 0.3) is 0 Å². The minimum absolute atomic E-state index is 0.251. The Kier molecular flexibility index (Phi) is 3.12. The van der Waals surface area contributed by atoms with Gasteiger partial charge >= 0.3 is 5.97 Å². The third-order valence-electron chi connectivity index (χ3n) is 3.01. The first-order chi connectivity index (χ1) is 7.65. The van der Waals surface area contributed by atoms with E-state index < -0.39 is 18.2 Å². The van der Waals surface area contributed by atoms with Crippen molar-refractivity contribution in [3.8, 4) is 0 Å². The second-order valence-corrected chi connectivity index (χ2v) is 4.19. The van der Waals surface area contributed by atoms with Crippen LogP contribution in [0.2, 0.25) is 0 Å². The number of allylic oxidation sites excluding steroid dienone is 2. The summed E-state index contributed by atoms with van der Waals surface area (Å²) in [6.07, 6.45) is 2.83. The first-order valence-electron chi connectivity index (χ1n) is 5.67. The lowest BCUT2D eigenvalue weighted by Crippen LogP contribution is -2.33. The van der Waals surface area contributed by atoms with Gasteiger partial charge in [-0.2, -0.15) is 0 Å². The summed E-state index contributed by atoms with van der Waals surface area (Å²) < 4.78 is 5.11. The molecule has 2 atom stereocenters. The van der Waals surface area contributed by atoms with Gasteiger partial charge in [0.15, 0.2) is 0 Å². The van der Waals surface area contributed by atoms with Crippen LogP contribution in [0.3, 0.4) is 0 Å². The van der Waals surface area contributed by atoms with E-state index in [1.165, 1.54) is 0 Å². The van der Waals surface area contributed by atoms with Gasteiger partial charge in [-0.25, -0.2) is 4.79 Å². The minimum Gasteiger partial charge on any atom is -0.423 e. The van der Waals surface area contributed by atoms with Crippen molar-refractivity contribution in [2.75, 3.05) is 0 Å². The Morgan fingerprint density at radius 3 is 2.94 bits per heavy atom. The first kappa shape index (κ1) is 11.4. The molecule has 0 aromatic heterocycles. The summed E-state index contributed by atoms with van der Waals surface area (Å²) in [5, 5.41) is 19.2. The Bertz CT molecular complexity index is 367. The van der Waals surface area contributed by atoms with E-state index in [1.807, 2.05) is 13.0 Å². The van der Waals surface area contributed by atoms with Gasteiger partial charge in [0, 0.05) is 5.57 Å². The molecule has 16 heavy (non-hydrogen) atoms. The van der Waals surface area contributed by atoms with Gasteiger partial charge in [0.1, 0.15) is 11.9 Å². The van der Waals surface area contributed by atoms with Crippen molar-refractivity contribution in [3.63, 3.8) is 0 Å². The molecule has 4 heteroatoms. The monoisotopic (exact) mass is 224 g/mol. The molecule has 4 nitrogen and oxygen atoms in total. The predicted molar refractivity (Wildman–Crippen MR) is 57.4 cm³/mol. The first-order valence-corrected chi connectivity index (χ1v) is 5.67. The number of hydrogen-bond acceptors (Lipinski definition) is 4. The zero-order valence-electron chi connectivity index (χ0n) is 9.27. The lowest BCUT2D eigenvalue weighted by molar-refractivity contribution is -0.135. The molecule has 0 amide bonds. The zero-order valence-corrected chi connectivity index (χ0v) is 9.27. The number of unbranched alkanes of at least 4 members (excludes halogenated alkanes) is 1. The van der Waals surface area contributed by atoms with Crippen molar-refractivity contribution in [3.05, 3.63) is 23.0 Å². The second-order valence-electron chi connectivity index (χ2n) is 4.19. The summed E-state index contributed by atoms with van der Waals surface area (Å²) in [6.45, 7) is 2.04. The molecule has 1 heterocycles. The van der Waals surface area contributed by atoms with Crippen molar-refractivity contribution in [2.24, 2.45) is 0 Å². The third kappa shape index (κ3) is 1.79. The van der Waals surface area contributed by atoms with Gasteiger partial charge in [-0.1, -0.05) is 13.3 Å². The number of aliphatic hydroxyl groups excluding tert-OH is 2. The van der Waals surface area contributed by atoms with Crippen LogP contribution in [0.1, 0.15) is 32.6 Å². The zero-order chi connectivity index (χ0) is 11.7. The van der Waals surface area contributed by atoms with Crippen molar-refractivity contribution >= 4 is 5.97 Å². The molecule has 0 aromatic rings. The molecular formula is C12H16O4. The average Bonchev–Trinajstić information content (AvgIpc) is 2.58. The second kappa shape index (κ2) is 4.39. The van der Waals surface area contributed by atoms with Crippen molar-refractivity contribution in [1.82, 2.24) is 0 Å². The van der Waals surface area contributed by atoms with Crippen LogP contribution in [-0.4, -0.2) is 28.4 Å². The van der Waals surface area contributed by atoms with E-state index in [-0.39, 0.29) is 5.57 Å². The van der Waals surface area contributed by atoms with E-state index >= 15 is 0 Å². The van der Waals surface area contributed by atoms with Crippen LogP contribution in [0, 0.1) is 0 Å². The molecule has 2 rings (SSSR count). The number of cyclic esters (lactones) is 1. The van der Waals surface area contributed by atoms with Crippen LogP contribution in [0.15, 0.2) is 23.0 Å². The molecule has 88 valence electrons. The number of rotatable bonds is 2. The van der Waals surface area contributed by atoms with Gasteiger partial charge in [-0.05, 0) is 25.3 Å². The maximum Gasteiger partial charge on any atom is 0.342 e. The molecule has 2 aliphatic rings. The Labute approximate surface area is 94.2 Å². The van der Waals surface area contributed by atoms with Crippen molar-refractivity contribution in [2.45, 2.75) is 44.8 Å². The topological polar surface area (TPSA) is 66.8 Å². The lowest BCUT2D eigenvalue weighted by atomic mass is 9.87. The van der Waals surface area contributed by atoms with Crippen LogP contribution in [-0.2, 0) is 9.53 Å². The van der Waals surface area contributed by atoms with E-state index in [0.717, 1.165) is 18.4 Å². The van der Waals surface area contributed by atoms with Gasteiger partial charge < -0.3 is 14.9 Å². The molecule has 0 bridgehead atoms. The fraction of sp³-hybridized carbons (Fsp3) is 0.583. The van der Waals surface area contributed by atoms with E-state index in [9.17, 15) is 15.0 Å². The quantitative estimate of drug-likeness (QED) is 0.688. The highest BCUT2D eigenvalue weighted by molar-refractivity contribution is 5.96. The highest BCUT2D eigenvalue weighted by Gasteiger charge is 2.40. The number of carbonyl (C=O) groups is 1. The van der Waals surface area contributed by atoms with Gasteiger partial charge in [-0.15, -0.1) is 0 Å². The molecule has 0 saturated carbocycles. The summed E-state index contributed by atoms with van der Waals surface area (Å²) in [5.74, 6) is 0.0661. The molecular weight excluding hydrogens is 208 g/mol. The predicted octanol–water partition coefficient (Wildman–Crippen LogP) is 1.04. The standard InChI is InChI=1S/C12H16O4/c1-2-3-4-9-7-5-6-8(13)11(14)10(7)12(15)16-9/h4,8,11,13-14H,2-3,5-6H2,1H3/b9-4+. The molecule has 0 spiro atoms. The summed E-state index contributed by atoms with van der Waals surface area (Å²) in [5.41, 5.74) is 1.03. The number of carbonyl (C=O) groups excluding carboxylic acids is 1. The van der Waals surface area contributed by atoms with Crippen LogP contribution >= 0.6 is 0 Å². The summed E-state index contributed by atoms with van der Waals surface area (Å²) in [4.78, 5) is 11.5. The fourth-order valence-corrected chi connectivity index (χ4v) is 2.11. The van der Waals surface area contributed by atoms with Crippen LogP contribution in [0.25, 0.3) is 0 Å². The normalized spacial score (nSPS) is 31.9. The van der Waals surface area contributed by atoms with Crippen LogP contribution < -0.4 is 0 Å². The lowest BCUT2D eigenvalue weighted by Gasteiger charge is -2.22. The van der Waals surface area contributed by atoms with Gasteiger partial charge in [0.2, 0.25) is 0 Å². The smallest absolute Gasteiger partial charge is 0.342 e. The number of hydrogen-bond donors (Lipinski definition) is 2. The Morgan fingerprint density at radius 1 is 1.50 bits per heavy atom. The van der Waals surface area contributed by atoms with Crippen molar-refractivity contribution in [1.29, 1.82) is 0 Å². The van der Waals surface area contributed by atoms with Gasteiger partial charge in [0.05, 0.1) is 11.7 Å². The highest BCUT2D eigenvalue weighted by atomic mass is 16.5. The largest absolute Gasteiger partial charge is 0.423 e. The molecule has 2 N–H and O–H groups in total. The third-order valence-corrected chi connectivity index (χ3v) is 3.01. The Hall–Kier alpha value is -1.13. The van der Waals surface area contributed by atoms with E-state index in [0.29, 0.717) is 18.6 Å². The molecule has 0 aromatic carbocycles. The molecule has 1 aliphatic heterocycles. The summed E-state index contributed by atoms with van der Waals surface area (Å²) in [6, 6.07) is 0. The number of esters is 1.